The van der Waals surface area contributed by atoms with Crippen LogP contribution in [0.15, 0.2) is 10.5 Å². The van der Waals surface area contributed by atoms with Gasteiger partial charge < -0.3 is 4.42 Å². The average Bonchev–Trinajstić information content (AvgIpc) is 2.13. The molecule has 0 radical (unpaired) electrons. The summed E-state index contributed by atoms with van der Waals surface area (Å²) in [6.07, 6.45) is -1.16. The highest BCUT2D eigenvalue weighted by Gasteiger charge is 2.11. The first-order valence-electron chi connectivity index (χ1n) is 2.70. The molecule has 0 aromatic carbocycles. The van der Waals surface area contributed by atoms with Crippen molar-refractivity contribution in [2.75, 3.05) is 0 Å². The van der Waals surface area contributed by atoms with Crippen LogP contribution in [0.25, 0.3) is 0 Å². The van der Waals surface area contributed by atoms with Crippen molar-refractivity contribution >= 4 is 23.2 Å². The number of rotatable bonds is 1. The maximum atomic E-state index is 12.4. The standard InChI is InChI=1S/C6H5Cl2FO/c1-3(9)5-2-4(7)6(8)10-5/h2-3H,1H3. The van der Waals surface area contributed by atoms with Crippen molar-refractivity contribution in [3.05, 3.63) is 22.1 Å². The summed E-state index contributed by atoms with van der Waals surface area (Å²) in [4.78, 5) is 0. The Kier molecular flexibility index (Phi) is 2.21. The van der Waals surface area contributed by atoms with E-state index in [0.29, 0.717) is 0 Å². The van der Waals surface area contributed by atoms with E-state index in [1.54, 1.807) is 0 Å². The van der Waals surface area contributed by atoms with Gasteiger partial charge in [-0.25, -0.2) is 4.39 Å². The summed E-state index contributed by atoms with van der Waals surface area (Å²) in [6, 6.07) is 1.37. The molecule has 0 aliphatic heterocycles. The Morgan fingerprint density at radius 1 is 1.60 bits per heavy atom. The summed E-state index contributed by atoms with van der Waals surface area (Å²) in [6.45, 7) is 1.35. The average molecular weight is 183 g/mol. The van der Waals surface area contributed by atoms with Gasteiger partial charge in [-0.05, 0) is 18.5 Å². The molecule has 0 saturated heterocycles. The largest absolute Gasteiger partial charge is 0.445 e. The topological polar surface area (TPSA) is 13.1 Å². The van der Waals surface area contributed by atoms with E-state index in [1.807, 2.05) is 0 Å². The van der Waals surface area contributed by atoms with Crippen molar-refractivity contribution in [1.82, 2.24) is 0 Å². The third-order valence-electron chi connectivity index (χ3n) is 1.06. The lowest BCUT2D eigenvalue weighted by molar-refractivity contribution is 0.310. The van der Waals surface area contributed by atoms with Crippen LogP contribution in [0.1, 0.15) is 18.9 Å². The van der Waals surface area contributed by atoms with Crippen molar-refractivity contribution in [1.29, 1.82) is 0 Å². The highest BCUT2D eigenvalue weighted by Crippen LogP contribution is 2.30. The maximum absolute atomic E-state index is 12.4. The Labute approximate surface area is 67.7 Å². The molecule has 1 heterocycles. The third-order valence-corrected chi connectivity index (χ3v) is 1.71. The molecule has 0 spiro atoms. The van der Waals surface area contributed by atoms with Crippen LogP contribution >= 0.6 is 23.2 Å². The molecule has 0 aliphatic rings. The molecule has 1 atom stereocenters. The Balaban J connectivity index is 2.98. The number of hydrogen-bond acceptors (Lipinski definition) is 1. The van der Waals surface area contributed by atoms with E-state index in [0.717, 1.165) is 0 Å². The van der Waals surface area contributed by atoms with Gasteiger partial charge in [-0.1, -0.05) is 11.6 Å². The van der Waals surface area contributed by atoms with Gasteiger partial charge in [0.15, 0.2) is 6.17 Å². The van der Waals surface area contributed by atoms with E-state index in [2.05, 4.69) is 0 Å². The highest BCUT2D eigenvalue weighted by atomic mass is 35.5. The summed E-state index contributed by atoms with van der Waals surface area (Å²) in [7, 11) is 0. The van der Waals surface area contributed by atoms with Gasteiger partial charge in [0.2, 0.25) is 5.22 Å². The molecule has 1 nitrogen and oxygen atoms in total. The summed E-state index contributed by atoms with van der Waals surface area (Å²) in [5.41, 5.74) is 0. The van der Waals surface area contributed by atoms with Gasteiger partial charge >= 0.3 is 0 Å². The van der Waals surface area contributed by atoms with Crippen LogP contribution in [-0.4, -0.2) is 0 Å². The number of hydrogen-bond donors (Lipinski definition) is 0. The predicted molar refractivity (Wildman–Crippen MR) is 38.3 cm³/mol. The summed E-state index contributed by atoms with van der Waals surface area (Å²) >= 11 is 10.9. The minimum absolute atomic E-state index is 0.0427. The van der Waals surface area contributed by atoms with Gasteiger partial charge in [0.25, 0.3) is 0 Å². The first-order chi connectivity index (χ1) is 4.61. The minimum atomic E-state index is -1.16. The van der Waals surface area contributed by atoms with Crippen LogP contribution in [0.2, 0.25) is 10.2 Å². The molecule has 0 fully saturated rings. The lowest BCUT2D eigenvalue weighted by Crippen LogP contribution is -1.77. The Morgan fingerprint density at radius 3 is 2.40 bits per heavy atom. The van der Waals surface area contributed by atoms with E-state index < -0.39 is 6.17 Å². The molecule has 4 heteroatoms. The molecule has 0 amide bonds. The molecule has 0 saturated carbocycles. The fourth-order valence-corrected chi connectivity index (χ4v) is 0.849. The SMILES string of the molecule is CC(F)c1cc(Cl)c(Cl)o1. The lowest BCUT2D eigenvalue weighted by Gasteiger charge is -1.91. The van der Waals surface area contributed by atoms with Crippen molar-refractivity contribution < 1.29 is 8.81 Å². The molecule has 1 aromatic heterocycles. The number of furan rings is 1. The van der Waals surface area contributed by atoms with E-state index >= 15 is 0 Å². The molecule has 1 rings (SSSR count). The minimum Gasteiger partial charge on any atom is -0.445 e. The smallest absolute Gasteiger partial charge is 0.212 e. The quantitative estimate of drug-likeness (QED) is 0.647. The summed E-state index contributed by atoms with van der Waals surface area (Å²) in [5.74, 6) is 0.162. The molecule has 0 aliphatic carbocycles. The molecule has 1 unspecified atom stereocenters. The highest BCUT2D eigenvalue weighted by molar-refractivity contribution is 6.40. The van der Waals surface area contributed by atoms with Crippen LogP contribution in [0.3, 0.4) is 0 Å². The van der Waals surface area contributed by atoms with E-state index in [1.165, 1.54) is 13.0 Å². The Hall–Kier alpha value is -0.210. The van der Waals surface area contributed by atoms with Gasteiger partial charge in [0.1, 0.15) is 5.76 Å². The Bertz CT molecular complexity index is 212. The number of halogens is 3. The van der Waals surface area contributed by atoms with Crippen LogP contribution in [-0.2, 0) is 0 Å². The van der Waals surface area contributed by atoms with Crippen LogP contribution < -0.4 is 0 Å². The summed E-state index contributed by atoms with van der Waals surface area (Å²) < 4.78 is 17.2. The second-order valence-corrected chi connectivity index (χ2v) is 2.64. The van der Waals surface area contributed by atoms with Gasteiger partial charge in [-0.3, -0.25) is 0 Å². The molecular weight excluding hydrogens is 178 g/mol. The fourth-order valence-electron chi connectivity index (χ4n) is 0.559. The van der Waals surface area contributed by atoms with E-state index in [-0.39, 0.29) is 16.0 Å². The molecule has 1 aromatic rings. The van der Waals surface area contributed by atoms with Crippen molar-refractivity contribution in [3.8, 4) is 0 Å². The zero-order valence-corrected chi connectivity index (χ0v) is 6.71. The maximum Gasteiger partial charge on any atom is 0.212 e. The molecule has 0 N–H and O–H groups in total. The van der Waals surface area contributed by atoms with Crippen molar-refractivity contribution in [2.45, 2.75) is 13.1 Å². The van der Waals surface area contributed by atoms with Crippen LogP contribution in [0.4, 0.5) is 4.39 Å². The zero-order valence-electron chi connectivity index (χ0n) is 5.20. The van der Waals surface area contributed by atoms with E-state index in [9.17, 15) is 4.39 Å². The van der Waals surface area contributed by atoms with Crippen LogP contribution in [0, 0.1) is 0 Å². The van der Waals surface area contributed by atoms with Crippen LogP contribution in [0.5, 0.6) is 0 Å². The number of alkyl halides is 1. The molecule has 0 bridgehead atoms. The third kappa shape index (κ3) is 1.44. The van der Waals surface area contributed by atoms with E-state index in [4.69, 9.17) is 27.6 Å². The first-order valence-corrected chi connectivity index (χ1v) is 3.45. The molecule has 10 heavy (non-hydrogen) atoms. The van der Waals surface area contributed by atoms with Gasteiger partial charge in [0.05, 0.1) is 5.02 Å². The predicted octanol–water partition coefficient (Wildman–Crippen LogP) is 3.62. The second-order valence-electron chi connectivity index (χ2n) is 1.89. The summed E-state index contributed by atoms with van der Waals surface area (Å²) in [5, 5.41) is 0.294. The van der Waals surface area contributed by atoms with Crippen molar-refractivity contribution in [3.63, 3.8) is 0 Å². The second kappa shape index (κ2) is 2.81. The molecular formula is C6H5Cl2FO. The Morgan fingerprint density at radius 2 is 2.20 bits per heavy atom. The van der Waals surface area contributed by atoms with Gasteiger partial charge in [-0.15, -0.1) is 0 Å². The molecule has 56 valence electrons. The van der Waals surface area contributed by atoms with Gasteiger partial charge in [-0.2, -0.15) is 0 Å². The normalized spacial score (nSPS) is 13.6. The fraction of sp³-hybridized carbons (Fsp3) is 0.333. The zero-order chi connectivity index (χ0) is 7.72. The van der Waals surface area contributed by atoms with Crippen molar-refractivity contribution in [2.24, 2.45) is 0 Å². The lowest BCUT2D eigenvalue weighted by atomic mass is 10.3. The van der Waals surface area contributed by atoms with Gasteiger partial charge in [0, 0.05) is 6.07 Å². The monoisotopic (exact) mass is 182 g/mol. The first kappa shape index (κ1) is 7.89.